The molecule has 2 fully saturated rings. The van der Waals surface area contributed by atoms with Crippen molar-refractivity contribution in [3.63, 3.8) is 0 Å². The predicted molar refractivity (Wildman–Crippen MR) is 123 cm³/mol. The first-order valence-corrected chi connectivity index (χ1v) is 13.0. The summed E-state index contributed by atoms with van der Waals surface area (Å²) in [5.41, 5.74) is 0.327. The van der Waals surface area contributed by atoms with E-state index in [-0.39, 0.29) is 15.6 Å². The summed E-state index contributed by atoms with van der Waals surface area (Å²) >= 11 is 6.22. The normalized spacial score (nSPS) is 16.1. The van der Waals surface area contributed by atoms with Crippen molar-refractivity contribution in [2.24, 2.45) is 24.8 Å². The number of aryl methyl sites for hydroxylation is 1. The first kappa shape index (κ1) is 22.9. The van der Waals surface area contributed by atoms with E-state index in [0.717, 1.165) is 11.8 Å². The van der Waals surface area contributed by atoms with E-state index in [1.165, 1.54) is 53.4 Å². The number of sulfonamides is 1. The smallest absolute Gasteiger partial charge is 0.268 e. The minimum Gasteiger partial charge on any atom is -0.476 e. The fourth-order valence-corrected chi connectivity index (χ4v) is 5.50. The Kier molecular flexibility index (Phi) is 5.85. The molecule has 1 N–H and O–H groups in total. The highest BCUT2D eigenvalue weighted by Crippen LogP contribution is 2.49. The van der Waals surface area contributed by atoms with Crippen LogP contribution in [0.4, 0.5) is 0 Å². The summed E-state index contributed by atoms with van der Waals surface area (Å²) in [6, 6.07) is 4.70. The number of nitrogens with one attached hydrogen (secondary N) is 1. The second-order valence-corrected chi connectivity index (χ2v) is 10.9. The standard InChI is InChI=1S/C22H25ClN6O4S/c1-13-18(11-24-28(13)2)34(31,32)27-22(30)16-7-8-19(25-21(16)23)29-10-9-20(26-29)33-12-17(14-3-4-14)15-5-6-15/h7-11,14-15,17H,3-6,12H2,1-2H3,(H,27,30). The van der Waals surface area contributed by atoms with E-state index in [1.54, 1.807) is 26.2 Å². The van der Waals surface area contributed by atoms with Gasteiger partial charge in [-0.15, -0.1) is 5.10 Å². The Labute approximate surface area is 202 Å². The molecular formula is C22H25ClN6O4S. The number of ether oxygens (including phenoxy) is 1. The van der Waals surface area contributed by atoms with E-state index >= 15 is 0 Å². The topological polar surface area (TPSA) is 121 Å². The lowest BCUT2D eigenvalue weighted by molar-refractivity contribution is 0.0981. The Morgan fingerprint density at radius 2 is 1.94 bits per heavy atom. The van der Waals surface area contributed by atoms with Gasteiger partial charge in [0.15, 0.2) is 5.82 Å². The van der Waals surface area contributed by atoms with Gasteiger partial charge in [0.2, 0.25) is 5.88 Å². The lowest BCUT2D eigenvalue weighted by Gasteiger charge is -2.14. The largest absolute Gasteiger partial charge is 0.476 e. The van der Waals surface area contributed by atoms with Gasteiger partial charge < -0.3 is 4.74 Å². The number of hydrogen-bond donors (Lipinski definition) is 1. The third-order valence-electron chi connectivity index (χ3n) is 6.46. The summed E-state index contributed by atoms with van der Waals surface area (Å²) in [6.07, 6.45) is 8.07. The fourth-order valence-electron chi connectivity index (χ4n) is 4.10. The maximum Gasteiger partial charge on any atom is 0.268 e. The molecule has 12 heteroatoms. The zero-order valence-electron chi connectivity index (χ0n) is 18.8. The van der Waals surface area contributed by atoms with Gasteiger partial charge in [0.1, 0.15) is 10.0 Å². The van der Waals surface area contributed by atoms with E-state index in [0.29, 0.717) is 29.9 Å². The molecule has 2 aliphatic rings. The minimum atomic E-state index is -4.11. The number of carbonyl (C=O) groups is 1. The van der Waals surface area contributed by atoms with Crippen LogP contribution in [0.1, 0.15) is 41.7 Å². The van der Waals surface area contributed by atoms with E-state index in [2.05, 4.69) is 15.2 Å². The van der Waals surface area contributed by atoms with E-state index in [1.807, 2.05) is 4.72 Å². The van der Waals surface area contributed by atoms with Crippen molar-refractivity contribution in [3.8, 4) is 11.7 Å². The summed E-state index contributed by atoms with van der Waals surface area (Å²) in [4.78, 5) is 16.7. The molecule has 0 atom stereocenters. The number of rotatable bonds is 9. The first-order chi connectivity index (χ1) is 16.2. The third kappa shape index (κ3) is 4.67. The predicted octanol–water partition coefficient (Wildman–Crippen LogP) is 2.90. The fraction of sp³-hybridized carbons (Fsp3) is 0.455. The molecule has 5 rings (SSSR count). The molecule has 0 saturated heterocycles. The molecule has 3 heterocycles. The third-order valence-corrected chi connectivity index (χ3v) is 8.19. The SMILES string of the molecule is Cc1c(S(=O)(=O)NC(=O)c2ccc(-n3ccc(OCC(C4CC4)C4CC4)n3)nc2Cl)cnn1C. The van der Waals surface area contributed by atoms with Crippen molar-refractivity contribution in [1.29, 1.82) is 0 Å². The van der Waals surface area contributed by atoms with Gasteiger partial charge in [-0.2, -0.15) is 5.10 Å². The molecule has 1 amide bonds. The summed E-state index contributed by atoms with van der Waals surface area (Å²) in [7, 11) is -2.50. The molecule has 10 nitrogen and oxygen atoms in total. The average Bonchev–Trinajstić information content (AvgIpc) is 3.71. The van der Waals surface area contributed by atoms with Crippen molar-refractivity contribution in [3.05, 3.63) is 47.0 Å². The molecule has 0 radical (unpaired) electrons. The molecule has 3 aromatic heterocycles. The first-order valence-electron chi connectivity index (χ1n) is 11.1. The Morgan fingerprint density at radius 1 is 1.24 bits per heavy atom. The Morgan fingerprint density at radius 3 is 2.53 bits per heavy atom. The van der Waals surface area contributed by atoms with Crippen LogP contribution < -0.4 is 9.46 Å². The Bertz CT molecular complexity index is 1330. The minimum absolute atomic E-state index is 0.0733. The van der Waals surface area contributed by atoms with Crippen LogP contribution in [0.2, 0.25) is 5.15 Å². The molecular weight excluding hydrogens is 480 g/mol. The number of halogens is 1. The van der Waals surface area contributed by atoms with E-state index in [9.17, 15) is 13.2 Å². The molecule has 0 aliphatic heterocycles. The van der Waals surface area contributed by atoms with Crippen LogP contribution in [-0.4, -0.2) is 45.5 Å². The number of carbonyl (C=O) groups excluding carboxylic acids is 1. The lowest BCUT2D eigenvalue weighted by atomic mass is 9.99. The number of hydrogen-bond acceptors (Lipinski definition) is 7. The highest BCUT2D eigenvalue weighted by molar-refractivity contribution is 7.90. The number of aromatic nitrogens is 5. The average molecular weight is 505 g/mol. The van der Waals surface area contributed by atoms with Crippen molar-refractivity contribution in [1.82, 2.24) is 29.3 Å². The highest BCUT2D eigenvalue weighted by atomic mass is 35.5. The zero-order chi connectivity index (χ0) is 24.0. The summed E-state index contributed by atoms with van der Waals surface area (Å²) in [5, 5.41) is 8.16. The van der Waals surface area contributed by atoms with Gasteiger partial charge in [-0.1, -0.05) is 11.6 Å². The van der Waals surface area contributed by atoms with Crippen LogP contribution in [0, 0.1) is 24.7 Å². The molecule has 3 aromatic rings. The maximum absolute atomic E-state index is 12.6. The van der Waals surface area contributed by atoms with Crippen LogP contribution >= 0.6 is 11.6 Å². The second-order valence-electron chi connectivity index (χ2n) is 8.91. The van der Waals surface area contributed by atoms with Crippen molar-refractivity contribution < 1.29 is 17.9 Å². The second kappa shape index (κ2) is 8.70. The van der Waals surface area contributed by atoms with Crippen molar-refractivity contribution >= 4 is 27.5 Å². The van der Waals surface area contributed by atoms with Gasteiger partial charge in [0.05, 0.1) is 24.1 Å². The molecule has 34 heavy (non-hydrogen) atoms. The van der Waals surface area contributed by atoms with Gasteiger partial charge in [-0.3, -0.25) is 9.48 Å². The molecule has 2 saturated carbocycles. The van der Waals surface area contributed by atoms with Crippen LogP contribution in [0.3, 0.4) is 0 Å². The summed E-state index contributed by atoms with van der Waals surface area (Å²) in [5.74, 6) is 2.19. The van der Waals surface area contributed by atoms with Gasteiger partial charge in [-0.25, -0.2) is 22.8 Å². The van der Waals surface area contributed by atoms with E-state index in [4.69, 9.17) is 16.3 Å². The molecule has 0 aromatic carbocycles. The lowest BCUT2D eigenvalue weighted by Crippen LogP contribution is -2.31. The monoisotopic (exact) mass is 504 g/mol. The van der Waals surface area contributed by atoms with E-state index < -0.39 is 15.9 Å². The van der Waals surface area contributed by atoms with Crippen molar-refractivity contribution in [2.45, 2.75) is 37.5 Å². The Hall–Kier alpha value is -2.92. The van der Waals surface area contributed by atoms with Crippen molar-refractivity contribution in [2.75, 3.05) is 6.61 Å². The van der Waals surface area contributed by atoms with Crippen LogP contribution in [0.5, 0.6) is 5.88 Å². The zero-order valence-corrected chi connectivity index (χ0v) is 20.4. The molecule has 0 bridgehead atoms. The van der Waals surface area contributed by atoms with Crippen LogP contribution in [0.25, 0.3) is 5.82 Å². The van der Waals surface area contributed by atoms with Crippen LogP contribution in [0.15, 0.2) is 35.5 Å². The van der Waals surface area contributed by atoms with Gasteiger partial charge in [0, 0.05) is 19.3 Å². The molecule has 0 unspecified atom stereocenters. The number of nitrogens with zero attached hydrogens (tertiary/aromatic N) is 5. The van der Waals surface area contributed by atoms with Gasteiger partial charge >= 0.3 is 0 Å². The summed E-state index contributed by atoms with van der Waals surface area (Å²) < 4.78 is 36.0. The summed E-state index contributed by atoms with van der Waals surface area (Å²) in [6.45, 7) is 2.26. The number of pyridine rings is 1. The number of amides is 1. The van der Waals surface area contributed by atoms with Gasteiger partial charge in [-0.05, 0) is 62.5 Å². The molecule has 180 valence electrons. The van der Waals surface area contributed by atoms with Gasteiger partial charge in [0.25, 0.3) is 15.9 Å². The van der Waals surface area contributed by atoms with Crippen LogP contribution in [-0.2, 0) is 17.1 Å². The Balaban J connectivity index is 1.26. The molecule has 0 spiro atoms. The molecule has 2 aliphatic carbocycles. The maximum atomic E-state index is 12.6. The quantitative estimate of drug-likeness (QED) is 0.445. The highest BCUT2D eigenvalue weighted by Gasteiger charge is 2.41.